The Labute approximate surface area is 105 Å². The molecule has 1 N–H and O–H groups in total. The van der Waals surface area contributed by atoms with E-state index in [-0.39, 0.29) is 25.0 Å². The van der Waals surface area contributed by atoms with E-state index in [9.17, 15) is 18.0 Å². The first-order valence-corrected chi connectivity index (χ1v) is 7.35. The predicted octanol–water partition coefficient (Wildman–Crippen LogP) is -0.904. The maximum atomic E-state index is 12.0. The molecule has 8 heteroatoms. The minimum atomic E-state index is -3.82. The van der Waals surface area contributed by atoms with Gasteiger partial charge in [-0.15, -0.1) is 0 Å². The molecule has 0 saturated carbocycles. The van der Waals surface area contributed by atoms with Crippen molar-refractivity contribution in [1.82, 2.24) is 9.21 Å². The summed E-state index contributed by atoms with van der Waals surface area (Å²) < 4.78 is 25.3. The molecule has 2 unspecified atom stereocenters. The van der Waals surface area contributed by atoms with Gasteiger partial charge in [0.1, 0.15) is 0 Å². The fourth-order valence-corrected chi connectivity index (χ4v) is 3.84. The number of fused-ring (bicyclic) bond motifs is 1. The first kappa shape index (κ1) is 13.3. The summed E-state index contributed by atoms with van der Waals surface area (Å²) >= 11 is 0. The Morgan fingerprint density at radius 3 is 2.72 bits per heavy atom. The molecule has 0 bridgehead atoms. The van der Waals surface area contributed by atoms with Crippen LogP contribution in [0.25, 0.3) is 0 Å². The van der Waals surface area contributed by atoms with E-state index in [4.69, 9.17) is 5.11 Å². The average molecular weight is 276 g/mol. The first-order valence-electron chi connectivity index (χ1n) is 5.85. The Hall–Kier alpha value is -1.15. The number of amides is 1. The van der Waals surface area contributed by atoms with Gasteiger partial charge in [0, 0.05) is 32.1 Å². The SMILES string of the molecule is CC(C(=O)O)S(=O)(=O)N1CCN2C(=O)CCC2C1. The Kier molecular flexibility index (Phi) is 3.33. The standard InChI is InChI=1S/C10H16N2O5S/c1-7(10(14)15)18(16,17)11-4-5-12-8(6-11)2-3-9(12)13/h7-8H,2-6H2,1H3,(H,14,15). The second-order valence-corrected chi connectivity index (χ2v) is 6.92. The Balaban J connectivity index is 2.13. The van der Waals surface area contributed by atoms with Crippen LogP contribution in [0.3, 0.4) is 0 Å². The predicted molar refractivity (Wildman–Crippen MR) is 62.3 cm³/mol. The molecule has 2 saturated heterocycles. The third kappa shape index (κ3) is 2.10. The lowest BCUT2D eigenvalue weighted by atomic mass is 10.2. The number of carboxylic acid groups (broad SMARTS) is 1. The van der Waals surface area contributed by atoms with E-state index in [0.717, 1.165) is 0 Å². The largest absolute Gasteiger partial charge is 0.480 e. The summed E-state index contributed by atoms with van der Waals surface area (Å²) in [5.41, 5.74) is 0. The molecule has 2 aliphatic rings. The van der Waals surface area contributed by atoms with Gasteiger partial charge in [0.05, 0.1) is 0 Å². The summed E-state index contributed by atoms with van der Waals surface area (Å²) in [5.74, 6) is -1.29. The van der Waals surface area contributed by atoms with Crippen LogP contribution < -0.4 is 0 Å². The Morgan fingerprint density at radius 2 is 2.11 bits per heavy atom. The lowest BCUT2D eigenvalue weighted by Crippen LogP contribution is -2.55. The maximum Gasteiger partial charge on any atom is 0.323 e. The number of nitrogens with zero attached hydrogens (tertiary/aromatic N) is 2. The van der Waals surface area contributed by atoms with E-state index in [0.29, 0.717) is 19.4 Å². The van der Waals surface area contributed by atoms with Gasteiger partial charge in [-0.25, -0.2) is 8.42 Å². The van der Waals surface area contributed by atoms with Crippen molar-refractivity contribution in [2.24, 2.45) is 0 Å². The van der Waals surface area contributed by atoms with Crippen molar-refractivity contribution in [2.45, 2.75) is 31.1 Å². The van der Waals surface area contributed by atoms with Crippen LogP contribution >= 0.6 is 0 Å². The molecular weight excluding hydrogens is 260 g/mol. The van der Waals surface area contributed by atoms with Crippen molar-refractivity contribution in [3.63, 3.8) is 0 Å². The van der Waals surface area contributed by atoms with E-state index in [1.807, 2.05) is 0 Å². The Morgan fingerprint density at radius 1 is 1.44 bits per heavy atom. The number of hydrogen-bond acceptors (Lipinski definition) is 4. The minimum Gasteiger partial charge on any atom is -0.480 e. The highest BCUT2D eigenvalue weighted by Gasteiger charge is 2.42. The zero-order chi connectivity index (χ0) is 13.5. The van der Waals surface area contributed by atoms with Crippen molar-refractivity contribution >= 4 is 21.9 Å². The fourth-order valence-electron chi connectivity index (χ4n) is 2.42. The number of carboxylic acids is 1. The third-order valence-electron chi connectivity index (χ3n) is 3.61. The lowest BCUT2D eigenvalue weighted by molar-refractivity contribution is -0.136. The van der Waals surface area contributed by atoms with Gasteiger partial charge in [0.15, 0.2) is 5.25 Å². The Bertz CT molecular complexity index is 475. The van der Waals surface area contributed by atoms with Crippen LogP contribution in [0.2, 0.25) is 0 Å². The van der Waals surface area contributed by atoms with E-state index >= 15 is 0 Å². The van der Waals surface area contributed by atoms with Crippen LogP contribution in [0.4, 0.5) is 0 Å². The molecule has 0 aromatic heterocycles. The average Bonchev–Trinajstić information content (AvgIpc) is 2.69. The second-order valence-electron chi connectivity index (χ2n) is 4.66. The highest BCUT2D eigenvalue weighted by Crippen LogP contribution is 2.25. The quantitative estimate of drug-likeness (QED) is 0.720. The number of piperazine rings is 1. The van der Waals surface area contributed by atoms with Crippen LogP contribution in [0, 0.1) is 0 Å². The smallest absolute Gasteiger partial charge is 0.323 e. The van der Waals surface area contributed by atoms with E-state index in [1.165, 1.54) is 11.2 Å². The molecule has 0 aromatic carbocycles. The van der Waals surface area contributed by atoms with Crippen molar-refractivity contribution in [1.29, 1.82) is 0 Å². The number of rotatable bonds is 3. The highest BCUT2D eigenvalue weighted by atomic mass is 32.2. The van der Waals surface area contributed by atoms with Crippen molar-refractivity contribution in [3.8, 4) is 0 Å². The lowest BCUT2D eigenvalue weighted by Gasteiger charge is -2.37. The summed E-state index contributed by atoms with van der Waals surface area (Å²) in [6.07, 6.45) is 1.10. The van der Waals surface area contributed by atoms with Gasteiger partial charge in [-0.1, -0.05) is 0 Å². The van der Waals surface area contributed by atoms with E-state index < -0.39 is 21.2 Å². The van der Waals surface area contributed by atoms with Gasteiger partial charge in [-0.05, 0) is 13.3 Å². The van der Waals surface area contributed by atoms with Gasteiger partial charge in [0.2, 0.25) is 15.9 Å². The second kappa shape index (κ2) is 4.51. The molecule has 2 heterocycles. The van der Waals surface area contributed by atoms with Gasteiger partial charge in [-0.2, -0.15) is 4.31 Å². The van der Waals surface area contributed by atoms with Crippen LogP contribution in [-0.4, -0.2) is 65.5 Å². The maximum absolute atomic E-state index is 12.0. The van der Waals surface area contributed by atoms with Crippen LogP contribution in [-0.2, 0) is 19.6 Å². The van der Waals surface area contributed by atoms with E-state index in [2.05, 4.69) is 0 Å². The summed E-state index contributed by atoms with van der Waals surface area (Å²) in [7, 11) is -3.82. The molecule has 2 aliphatic heterocycles. The molecule has 18 heavy (non-hydrogen) atoms. The van der Waals surface area contributed by atoms with Crippen LogP contribution in [0.15, 0.2) is 0 Å². The van der Waals surface area contributed by atoms with Crippen LogP contribution in [0.5, 0.6) is 0 Å². The summed E-state index contributed by atoms with van der Waals surface area (Å²) in [4.78, 5) is 24.0. The minimum absolute atomic E-state index is 0.0586. The molecule has 1 amide bonds. The zero-order valence-corrected chi connectivity index (χ0v) is 10.9. The number of sulfonamides is 1. The molecule has 2 atom stereocenters. The molecule has 0 spiro atoms. The van der Waals surface area contributed by atoms with Gasteiger partial charge < -0.3 is 10.0 Å². The molecule has 102 valence electrons. The molecule has 2 fully saturated rings. The van der Waals surface area contributed by atoms with Gasteiger partial charge in [-0.3, -0.25) is 9.59 Å². The monoisotopic (exact) mass is 276 g/mol. The molecule has 2 rings (SSSR count). The molecule has 0 aliphatic carbocycles. The summed E-state index contributed by atoms with van der Waals surface area (Å²) in [5, 5.41) is 7.36. The molecule has 0 radical (unpaired) electrons. The fraction of sp³-hybridized carbons (Fsp3) is 0.800. The highest BCUT2D eigenvalue weighted by molar-refractivity contribution is 7.90. The third-order valence-corrected chi connectivity index (χ3v) is 5.76. The van der Waals surface area contributed by atoms with Crippen molar-refractivity contribution < 1.29 is 23.1 Å². The topological polar surface area (TPSA) is 95.0 Å². The number of carbonyl (C=O) groups excluding carboxylic acids is 1. The molecule has 7 nitrogen and oxygen atoms in total. The number of carbonyl (C=O) groups is 2. The first-order chi connectivity index (χ1) is 8.34. The van der Waals surface area contributed by atoms with Crippen molar-refractivity contribution in [3.05, 3.63) is 0 Å². The number of aliphatic carboxylic acids is 1. The normalized spacial score (nSPS) is 27.1. The summed E-state index contributed by atoms with van der Waals surface area (Å²) in [6, 6.07) is -0.0954. The van der Waals surface area contributed by atoms with Crippen molar-refractivity contribution in [2.75, 3.05) is 19.6 Å². The zero-order valence-electron chi connectivity index (χ0n) is 10.1. The van der Waals surface area contributed by atoms with Crippen LogP contribution in [0.1, 0.15) is 19.8 Å². The summed E-state index contributed by atoms with van der Waals surface area (Å²) in [6.45, 7) is 1.92. The molecular formula is C10H16N2O5S. The molecule has 0 aromatic rings. The van der Waals surface area contributed by atoms with E-state index in [1.54, 1.807) is 4.90 Å². The number of hydrogen-bond donors (Lipinski definition) is 1. The van der Waals surface area contributed by atoms with Gasteiger partial charge in [0.25, 0.3) is 0 Å². The van der Waals surface area contributed by atoms with Gasteiger partial charge >= 0.3 is 5.97 Å².